The summed E-state index contributed by atoms with van der Waals surface area (Å²) in [5.41, 5.74) is 1.76. The number of urea groups is 1. The van der Waals surface area contributed by atoms with Gasteiger partial charge in [-0.05, 0) is 53.4 Å². The van der Waals surface area contributed by atoms with Gasteiger partial charge in [0.2, 0.25) is 0 Å². The average molecular weight is 556 g/mol. The SMILES string of the molecule is N#Cc1ccc(C2C(C(=O)c3cccc(Cl)c3)C(c3cccs3)C(C(=O)O)N2C(=O)Nc2ccccc2)cc1. The molecule has 0 aliphatic carbocycles. The number of amides is 2. The minimum Gasteiger partial charge on any atom is -0.480 e. The van der Waals surface area contributed by atoms with Crippen LogP contribution in [-0.4, -0.2) is 33.8 Å². The predicted octanol–water partition coefficient (Wildman–Crippen LogP) is 6.60. The highest BCUT2D eigenvalue weighted by Crippen LogP contribution is 2.52. The van der Waals surface area contributed by atoms with Crippen molar-refractivity contribution in [2.75, 3.05) is 5.32 Å². The van der Waals surface area contributed by atoms with Gasteiger partial charge in [-0.15, -0.1) is 11.3 Å². The summed E-state index contributed by atoms with van der Waals surface area (Å²) in [5.74, 6) is -3.34. The van der Waals surface area contributed by atoms with Crippen molar-refractivity contribution in [3.8, 4) is 6.07 Å². The molecular formula is C30H22ClN3O4S. The number of Topliss-reactive ketones (excluding diaryl/α,β-unsaturated/α-hetero) is 1. The first kappa shape index (κ1) is 26.2. The summed E-state index contributed by atoms with van der Waals surface area (Å²) < 4.78 is 0. The highest BCUT2D eigenvalue weighted by atomic mass is 35.5. The molecule has 0 bridgehead atoms. The Morgan fingerprint density at radius 3 is 2.31 bits per heavy atom. The highest BCUT2D eigenvalue weighted by molar-refractivity contribution is 7.10. The second-order valence-electron chi connectivity index (χ2n) is 9.11. The number of carboxylic acids is 1. The van der Waals surface area contributed by atoms with E-state index in [4.69, 9.17) is 11.6 Å². The fraction of sp³-hybridized carbons (Fsp3) is 0.133. The molecule has 39 heavy (non-hydrogen) atoms. The zero-order valence-electron chi connectivity index (χ0n) is 20.4. The maximum absolute atomic E-state index is 14.2. The van der Waals surface area contributed by atoms with Crippen molar-refractivity contribution >= 4 is 46.4 Å². The molecule has 1 aliphatic heterocycles. The van der Waals surface area contributed by atoms with E-state index in [-0.39, 0.29) is 5.78 Å². The van der Waals surface area contributed by atoms with Crippen LogP contribution in [0.5, 0.6) is 0 Å². The van der Waals surface area contributed by atoms with E-state index < -0.39 is 35.9 Å². The minimum atomic E-state index is -1.35. The van der Waals surface area contributed by atoms with Crippen LogP contribution in [0.15, 0.2) is 96.4 Å². The molecule has 2 amide bonds. The maximum Gasteiger partial charge on any atom is 0.327 e. The Hall–Kier alpha value is -4.45. The number of halogens is 1. The fourth-order valence-electron chi connectivity index (χ4n) is 5.22. The number of carbonyl (C=O) groups is 3. The monoisotopic (exact) mass is 555 g/mol. The third kappa shape index (κ3) is 5.15. The molecule has 2 heterocycles. The topological polar surface area (TPSA) is 110 Å². The maximum atomic E-state index is 14.2. The Morgan fingerprint density at radius 2 is 1.69 bits per heavy atom. The number of nitrogens with zero attached hydrogens (tertiary/aromatic N) is 2. The number of hydrogen-bond donors (Lipinski definition) is 2. The van der Waals surface area contributed by atoms with Gasteiger partial charge in [0.25, 0.3) is 0 Å². The van der Waals surface area contributed by atoms with Crippen LogP contribution in [0, 0.1) is 17.2 Å². The van der Waals surface area contributed by atoms with E-state index >= 15 is 0 Å². The first-order valence-electron chi connectivity index (χ1n) is 12.1. The van der Waals surface area contributed by atoms with Gasteiger partial charge in [-0.2, -0.15) is 5.26 Å². The molecule has 1 saturated heterocycles. The quantitative estimate of drug-likeness (QED) is 0.260. The van der Waals surface area contributed by atoms with Crippen LogP contribution in [-0.2, 0) is 4.79 Å². The summed E-state index contributed by atoms with van der Waals surface area (Å²) in [6, 6.07) is 24.5. The number of aliphatic carboxylic acids is 1. The molecule has 0 saturated carbocycles. The van der Waals surface area contributed by atoms with Gasteiger partial charge in [0.15, 0.2) is 5.78 Å². The van der Waals surface area contributed by atoms with Crippen LogP contribution in [0.2, 0.25) is 5.02 Å². The number of hydrogen-bond acceptors (Lipinski definition) is 5. The molecule has 9 heteroatoms. The standard InChI is InChI=1S/C30H22ClN3O4S/c31-21-7-4-6-20(16-21)28(35)25-24(23-10-5-15-39-23)27(29(36)37)34(30(38)33-22-8-2-1-3-9-22)26(25)19-13-11-18(17-32)12-14-19/h1-16,24-27H,(H,33,38)(H,36,37). The number of rotatable bonds is 6. The van der Waals surface area contributed by atoms with E-state index in [2.05, 4.69) is 11.4 Å². The van der Waals surface area contributed by atoms with E-state index in [9.17, 15) is 24.8 Å². The average Bonchev–Trinajstić information content (AvgIpc) is 3.60. The number of carbonyl (C=O) groups excluding carboxylic acids is 2. The van der Waals surface area contributed by atoms with Crippen molar-refractivity contribution < 1.29 is 19.5 Å². The number of benzene rings is 3. The van der Waals surface area contributed by atoms with Crippen molar-refractivity contribution in [3.63, 3.8) is 0 Å². The summed E-state index contributed by atoms with van der Waals surface area (Å²) in [6.45, 7) is 0. The number of para-hydroxylation sites is 1. The van der Waals surface area contributed by atoms with E-state index in [0.29, 0.717) is 32.3 Å². The Bertz CT molecular complexity index is 1550. The van der Waals surface area contributed by atoms with Crippen molar-refractivity contribution in [2.24, 2.45) is 5.92 Å². The van der Waals surface area contributed by atoms with Crippen LogP contribution in [0.4, 0.5) is 10.5 Å². The van der Waals surface area contributed by atoms with Crippen molar-refractivity contribution in [1.82, 2.24) is 4.90 Å². The van der Waals surface area contributed by atoms with Gasteiger partial charge < -0.3 is 15.3 Å². The molecule has 3 aromatic carbocycles. The number of nitrogens with one attached hydrogen (secondary N) is 1. The van der Waals surface area contributed by atoms with Gasteiger partial charge in [-0.1, -0.05) is 60.1 Å². The van der Waals surface area contributed by atoms with E-state index in [1.807, 2.05) is 5.38 Å². The lowest BCUT2D eigenvalue weighted by Crippen LogP contribution is -2.45. The molecule has 1 aromatic heterocycles. The molecule has 5 rings (SSSR count). The second-order valence-corrected chi connectivity index (χ2v) is 10.5. The lowest BCUT2D eigenvalue weighted by Gasteiger charge is -2.30. The first-order valence-corrected chi connectivity index (χ1v) is 13.3. The molecule has 1 fully saturated rings. The lowest BCUT2D eigenvalue weighted by atomic mass is 9.78. The number of carboxylic acid groups (broad SMARTS) is 1. The summed E-state index contributed by atoms with van der Waals surface area (Å²) in [6.07, 6.45) is 0. The zero-order chi connectivity index (χ0) is 27.5. The number of likely N-dealkylation sites (tertiary alicyclic amines) is 1. The van der Waals surface area contributed by atoms with Crippen LogP contribution in [0.25, 0.3) is 0 Å². The second kappa shape index (κ2) is 11.1. The molecule has 4 unspecified atom stereocenters. The number of ketones is 1. The summed E-state index contributed by atoms with van der Waals surface area (Å²) in [4.78, 5) is 43.0. The molecular weight excluding hydrogens is 534 g/mol. The third-order valence-corrected chi connectivity index (χ3v) is 8.05. The summed E-state index contributed by atoms with van der Waals surface area (Å²) >= 11 is 7.56. The molecule has 194 valence electrons. The van der Waals surface area contributed by atoms with Gasteiger partial charge in [-0.3, -0.25) is 4.79 Å². The molecule has 4 atom stereocenters. The fourth-order valence-corrected chi connectivity index (χ4v) is 6.32. The highest BCUT2D eigenvalue weighted by Gasteiger charge is 2.58. The van der Waals surface area contributed by atoms with Gasteiger partial charge >= 0.3 is 12.0 Å². The number of nitriles is 1. The summed E-state index contributed by atoms with van der Waals surface area (Å²) in [7, 11) is 0. The van der Waals surface area contributed by atoms with Crippen molar-refractivity contribution in [2.45, 2.75) is 18.0 Å². The third-order valence-electron chi connectivity index (χ3n) is 6.84. The molecule has 0 spiro atoms. The van der Waals surface area contributed by atoms with Crippen LogP contribution < -0.4 is 5.32 Å². The normalized spacial score (nSPS) is 20.3. The smallest absolute Gasteiger partial charge is 0.327 e. The minimum absolute atomic E-state index is 0.321. The Labute approximate surface area is 233 Å². The van der Waals surface area contributed by atoms with Crippen LogP contribution >= 0.6 is 22.9 Å². The zero-order valence-corrected chi connectivity index (χ0v) is 22.0. The van der Waals surface area contributed by atoms with E-state index in [0.717, 1.165) is 0 Å². The molecule has 1 aliphatic rings. The van der Waals surface area contributed by atoms with Gasteiger partial charge in [0.05, 0.1) is 23.6 Å². The van der Waals surface area contributed by atoms with E-state index in [1.165, 1.54) is 16.2 Å². The largest absolute Gasteiger partial charge is 0.480 e. The number of thiophene rings is 1. The lowest BCUT2D eigenvalue weighted by molar-refractivity contribution is -0.142. The van der Waals surface area contributed by atoms with E-state index in [1.54, 1.807) is 91.0 Å². The van der Waals surface area contributed by atoms with Gasteiger partial charge in [0, 0.05) is 27.1 Å². The van der Waals surface area contributed by atoms with Crippen LogP contribution in [0.3, 0.4) is 0 Å². The molecule has 2 N–H and O–H groups in total. The van der Waals surface area contributed by atoms with Gasteiger partial charge in [0.1, 0.15) is 6.04 Å². The van der Waals surface area contributed by atoms with Crippen molar-refractivity contribution in [1.29, 1.82) is 5.26 Å². The number of anilines is 1. The Morgan fingerprint density at radius 1 is 0.949 bits per heavy atom. The molecule has 0 radical (unpaired) electrons. The molecule has 7 nitrogen and oxygen atoms in total. The Balaban J connectivity index is 1.71. The predicted molar refractivity (Wildman–Crippen MR) is 149 cm³/mol. The van der Waals surface area contributed by atoms with Crippen molar-refractivity contribution in [3.05, 3.63) is 123 Å². The Kier molecular flexibility index (Phi) is 7.46. The summed E-state index contributed by atoms with van der Waals surface area (Å²) in [5, 5.41) is 24.9. The molecule has 4 aromatic rings. The first-order chi connectivity index (χ1) is 18.9. The van der Waals surface area contributed by atoms with Gasteiger partial charge in [-0.25, -0.2) is 9.59 Å². The van der Waals surface area contributed by atoms with Crippen LogP contribution in [0.1, 0.15) is 38.3 Å².